The summed E-state index contributed by atoms with van der Waals surface area (Å²) in [7, 11) is 0. The molecule has 0 radical (unpaired) electrons. The zero-order chi connectivity index (χ0) is 41.3. The summed E-state index contributed by atoms with van der Waals surface area (Å²) in [5.74, 6) is 4.76. The minimum atomic E-state index is -0.0217. The van der Waals surface area contributed by atoms with Crippen molar-refractivity contribution < 1.29 is 4.42 Å². The van der Waals surface area contributed by atoms with Gasteiger partial charge in [-0.15, -0.1) is 0 Å². The smallest absolute Gasteiger partial charge is 0.251 e. The quantitative estimate of drug-likeness (QED) is 0.148. The third-order valence-electron chi connectivity index (χ3n) is 13.2. The van der Waals surface area contributed by atoms with Crippen LogP contribution in [0.15, 0.2) is 98.8 Å². The Balaban J connectivity index is 1.75. The van der Waals surface area contributed by atoms with E-state index in [-0.39, 0.29) is 29.0 Å². The van der Waals surface area contributed by atoms with Crippen molar-refractivity contribution in [3.05, 3.63) is 106 Å². The fraction of sp³-hybridized carbons (Fsp3) is 0.615. The van der Waals surface area contributed by atoms with E-state index >= 15 is 0 Å². The molecule has 1 aromatic heterocycles. The second kappa shape index (κ2) is 17.4. The number of hydrogen-bond donors (Lipinski definition) is 0. The average molecular weight is 759 g/mol. The Labute approximate surface area is 345 Å². The van der Waals surface area contributed by atoms with Gasteiger partial charge in [-0.2, -0.15) is 0 Å². The van der Waals surface area contributed by atoms with Crippen LogP contribution in [0.2, 0.25) is 0 Å². The molecule has 0 spiro atoms. The third-order valence-corrected chi connectivity index (χ3v) is 13.2. The van der Waals surface area contributed by atoms with Gasteiger partial charge in [-0.1, -0.05) is 144 Å². The molecule has 0 amide bonds. The number of anilines is 1. The molecular formula is C52H79BN2O. The number of nitrogens with zero attached hydrogens (tertiary/aromatic N) is 2. The van der Waals surface area contributed by atoms with Gasteiger partial charge in [0.15, 0.2) is 5.88 Å². The fourth-order valence-corrected chi connectivity index (χ4v) is 9.47. The first kappa shape index (κ1) is 44.0. The maximum Gasteiger partial charge on any atom is 0.251 e. The van der Waals surface area contributed by atoms with Crippen molar-refractivity contribution in [1.29, 1.82) is 0 Å². The molecule has 1 aromatic rings. The van der Waals surface area contributed by atoms with E-state index in [4.69, 9.17) is 4.42 Å². The van der Waals surface area contributed by atoms with Gasteiger partial charge in [-0.3, -0.25) is 0 Å². The molecule has 0 fully saturated rings. The van der Waals surface area contributed by atoms with E-state index in [0.717, 1.165) is 50.5 Å². The van der Waals surface area contributed by atoms with E-state index < -0.39 is 0 Å². The van der Waals surface area contributed by atoms with E-state index in [1.807, 2.05) is 0 Å². The highest BCUT2D eigenvalue weighted by atomic mass is 16.4. The molecule has 2 aliphatic carbocycles. The minimum absolute atomic E-state index is 0.0118. The molecule has 5 rings (SSSR count). The van der Waals surface area contributed by atoms with Crippen LogP contribution in [0.25, 0.3) is 0 Å². The molecule has 0 saturated carbocycles. The van der Waals surface area contributed by atoms with E-state index in [9.17, 15) is 0 Å². The molecule has 0 saturated heterocycles. The first-order chi connectivity index (χ1) is 26.2. The van der Waals surface area contributed by atoms with Crippen molar-refractivity contribution in [3.63, 3.8) is 0 Å². The lowest BCUT2D eigenvalue weighted by Crippen LogP contribution is -2.55. The lowest BCUT2D eigenvalue weighted by molar-refractivity contribution is 0.278. The van der Waals surface area contributed by atoms with Crippen molar-refractivity contribution in [1.82, 2.24) is 4.90 Å². The predicted molar refractivity (Wildman–Crippen MR) is 247 cm³/mol. The van der Waals surface area contributed by atoms with Crippen LogP contribution in [-0.2, 0) is 10.8 Å². The highest BCUT2D eigenvalue weighted by molar-refractivity contribution is 6.89. The SMILES string of the molecule is C/C=C/C(C/C=C/N1C(C)=C(/C=C\CC(C)(C)C)B2C(=C1C=C(C)C)CN(C1C=CC(C(C)CCC(C)C)=CC1)c1oc3c(c12)C(C)(C)CCC3(C)C)C(C)C. The van der Waals surface area contributed by atoms with Crippen molar-refractivity contribution in [2.75, 3.05) is 11.4 Å². The summed E-state index contributed by atoms with van der Waals surface area (Å²) in [5, 5.41) is 0. The number of furan rings is 1. The van der Waals surface area contributed by atoms with E-state index in [2.05, 4.69) is 181 Å². The fourth-order valence-electron chi connectivity index (χ4n) is 9.47. The van der Waals surface area contributed by atoms with Crippen molar-refractivity contribution in [2.24, 2.45) is 29.1 Å². The molecule has 0 aromatic carbocycles. The Bertz CT molecular complexity index is 1820. The zero-order valence-electron chi connectivity index (χ0n) is 38.7. The molecule has 0 N–H and O–H groups in total. The van der Waals surface area contributed by atoms with Gasteiger partial charge in [-0.25, -0.2) is 0 Å². The lowest BCUT2D eigenvalue weighted by Gasteiger charge is -2.45. The second-order valence-corrected chi connectivity index (χ2v) is 21.4. The van der Waals surface area contributed by atoms with E-state index in [1.54, 1.807) is 0 Å². The Morgan fingerprint density at radius 2 is 1.70 bits per heavy atom. The van der Waals surface area contributed by atoms with Crippen molar-refractivity contribution in [2.45, 2.75) is 173 Å². The normalized spacial score (nSPS) is 22.1. The molecule has 2 aliphatic heterocycles. The summed E-state index contributed by atoms with van der Waals surface area (Å²) in [4.78, 5) is 5.20. The summed E-state index contributed by atoms with van der Waals surface area (Å²) in [6.45, 7) is 38.6. The van der Waals surface area contributed by atoms with E-state index in [1.165, 1.54) is 63.1 Å². The average Bonchev–Trinajstić information content (AvgIpc) is 3.54. The molecule has 56 heavy (non-hydrogen) atoms. The molecule has 306 valence electrons. The summed E-state index contributed by atoms with van der Waals surface area (Å²) >= 11 is 0. The van der Waals surface area contributed by atoms with Crippen LogP contribution in [0, 0.1) is 29.1 Å². The minimum Gasteiger partial charge on any atom is -0.445 e. The molecule has 4 aliphatic rings. The standard InChI is InChI=1S/C52H79BN2O/c1-17-20-40(37(6)7)21-19-32-54-39(9)43(22-18-29-50(10,11)12)53-44(45(54)33-36(4)5)34-55(42-27-25-41(26-28-42)38(8)24-23-35(2)3)49-47(53)46-48(56-49)52(15,16)31-30-51(46,13)14/h17-20,22,25-27,32-33,35,37-38,40,42H,21,23-24,28-31,34H2,1-16H3/b20-17+,22-18-,32-19+. The van der Waals surface area contributed by atoms with Crippen LogP contribution in [0.4, 0.5) is 5.88 Å². The van der Waals surface area contributed by atoms with Gasteiger partial charge >= 0.3 is 0 Å². The van der Waals surface area contributed by atoms with Gasteiger partial charge in [0.2, 0.25) is 0 Å². The van der Waals surface area contributed by atoms with Gasteiger partial charge in [0.05, 0.1) is 6.04 Å². The maximum atomic E-state index is 7.41. The zero-order valence-corrected chi connectivity index (χ0v) is 38.7. The van der Waals surface area contributed by atoms with Crippen LogP contribution in [0.3, 0.4) is 0 Å². The van der Waals surface area contributed by atoms with Crippen LogP contribution < -0.4 is 10.4 Å². The first-order valence-electron chi connectivity index (χ1n) is 22.3. The Morgan fingerprint density at radius 1 is 1.00 bits per heavy atom. The molecule has 4 heteroatoms. The van der Waals surface area contributed by atoms with Gasteiger partial charge in [-0.05, 0) is 134 Å². The largest absolute Gasteiger partial charge is 0.445 e. The summed E-state index contributed by atoms with van der Waals surface area (Å²) in [6, 6.07) is 0.235. The summed E-state index contributed by atoms with van der Waals surface area (Å²) in [5.41, 5.74) is 11.5. The first-order valence-corrected chi connectivity index (χ1v) is 22.3. The molecule has 3 atom stereocenters. The number of allylic oxidation sites excluding steroid dienone is 11. The van der Waals surface area contributed by atoms with Crippen LogP contribution >= 0.6 is 0 Å². The second-order valence-electron chi connectivity index (χ2n) is 21.4. The third kappa shape index (κ3) is 9.59. The van der Waals surface area contributed by atoms with Crippen LogP contribution in [0.1, 0.15) is 167 Å². The Kier molecular flexibility index (Phi) is 13.6. The highest BCUT2D eigenvalue weighted by Gasteiger charge is 2.51. The Hall–Kier alpha value is -3.14. The highest BCUT2D eigenvalue weighted by Crippen LogP contribution is 2.51. The van der Waals surface area contributed by atoms with E-state index in [0.29, 0.717) is 17.8 Å². The maximum absolute atomic E-state index is 7.41. The van der Waals surface area contributed by atoms with Gasteiger partial charge < -0.3 is 14.2 Å². The molecule has 0 bridgehead atoms. The van der Waals surface area contributed by atoms with Gasteiger partial charge in [0.25, 0.3) is 6.71 Å². The lowest BCUT2D eigenvalue weighted by atomic mass is 9.31. The molecule has 3 heterocycles. The topological polar surface area (TPSA) is 19.6 Å². The van der Waals surface area contributed by atoms with Crippen LogP contribution in [0.5, 0.6) is 0 Å². The monoisotopic (exact) mass is 759 g/mol. The van der Waals surface area contributed by atoms with Gasteiger partial charge in [0, 0.05) is 29.6 Å². The summed E-state index contributed by atoms with van der Waals surface area (Å²) in [6.07, 6.45) is 32.2. The summed E-state index contributed by atoms with van der Waals surface area (Å²) < 4.78 is 7.41. The van der Waals surface area contributed by atoms with Crippen LogP contribution in [-0.4, -0.2) is 24.2 Å². The number of rotatable bonds is 13. The number of hydrogen-bond acceptors (Lipinski definition) is 3. The number of fused-ring (bicyclic) bond motifs is 5. The molecular weight excluding hydrogens is 679 g/mol. The molecule has 3 nitrogen and oxygen atoms in total. The van der Waals surface area contributed by atoms with Crippen molar-refractivity contribution >= 4 is 18.1 Å². The van der Waals surface area contributed by atoms with Crippen molar-refractivity contribution in [3.8, 4) is 0 Å². The Morgan fingerprint density at radius 3 is 2.29 bits per heavy atom. The van der Waals surface area contributed by atoms with Gasteiger partial charge in [0.1, 0.15) is 5.76 Å². The molecule has 3 unspecified atom stereocenters. The predicted octanol–water partition coefficient (Wildman–Crippen LogP) is 14.1.